The Balaban J connectivity index is 1.84. The maximum Gasteiger partial charge on any atom is 0.251 e. The highest BCUT2D eigenvalue weighted by atomic mass is 35.5. The van der Waals surface area contributed by atoms with Gasteiger partial charge in [-0.1, -0.05) is 24.4 Å². The van der Waals surface area contributed by atoms with Gasteiger partial charge in [-0.05, 0) is 43.7 Å². The van der Waals surface area contributed by atoms with Gasteiger partial charge in [-0.3, -0.25) is 9.69 Å². The Morgan fingerprint density at radius 2 is 2.14 bits per heavy atom. The summed E-state index contributed by atoms with van der Waals surface area (Å²) in [5, 5.41) is 3.65. The van der Waals surface area contributed by atoms with E-state index in [0.29, 0.717) is 23.2 Å². The molecule has 3 nitrogen and oxygen atoms in total. The number of nitrogens with zero attached hydrogens (tertiary/aromatic N) is 1. The van der Waals surface area contributed by atoms with Crippen molar-refractivity contribution in [1.82, 2.24) is 10.2 Å². The Hall–Kier alpha value is -1.50. The molecule has 1 aliphatic heterocycles. The first kappa shape index (κ1) is 15.9. The SMILES string of the molecule is CCC#CCN1CCC[C@@H]1CNC(=O)c1ccc(Cl)cc1. The van der Waals surface area contributed by atoms with Crippen LogP contribution in [0.5, 0.6) is 0 Å². The van der Waals surface area contributed by atoms with E-state index < -0.39 is 0 Å². The molecule has 1 saturated heterocycles. The van der Waals surface area contributed by atoms with E-state index in [1.54, 1.807) is 24.3 Å². The van der Waals surface area contributed by atoms with Crippen molar-refractivity contribution in [3.8, 4) is 11.8 Å². The van der Waals surface area contributed by atoms with Gasteiger partial charge in [0.25, 0.3) is 5.91 Å². The average molecular weight is 305 g/mol. The standard InChI is InChI=1S/C17H21ClN2O/c1-2-3-4-11-20-12-5-6-16(20)13-19-17(21)14-7-9-15(18)10-8-14/h7-10,16H,2,5-6,11-13H2,1H3,(H,19,21)/t16-/m1/s1. The van der Waals surface area contributed by atoms with Crippen LogP contribution in [-0.2, 0) is 0 Å². The van der Waals surface area contributed by atoms with Gasteiger partial charge in [0.15, 0.2) is 0 Å². The lowest BCUT2D eigenvalue weighted by atomic mass is 10.2. The van der Waals surface area contributed by atoms with E-state index in [-0.39, 0.29) is 5.91 Å². The van der Waals surface area contributed by atoms with Crippen LogP contribution in [0.15, 0.2) is 24.3 Å². The molecule has 112 valence electrons. The monoisotopic (exact) mass is 304 g/mol. The number of carbonyl (C=O) groups is 1. The predicted octanol–water partition coefficient (Wildman–Crippen LogP) is 2.95. The largest absolute Gasteiger partial charge is 0.350 e. The summed E-state index contributed by atoms with van der Waals surface area (Å²) in [6.45, 7) is 4.60. The maximum absolute atomic E-state index is 12.1. The van der Waals surface area contributed by atoms with Crippen LogP contribution < -0.4 is 5.32 Å². The summed E-state index contributed by atoms with van der Waals surface area (Å²) in [5.41, 5.74) is 0.648. The first-order valence-corrected chi connectivity index (χ1v) is 7.82. The summed E-state index contributed by atoms with van der Waals surface area (Å²) in [7, 11) is 0. The Kier molecular flexibility index (Phi) is 6.10. The first-order valence-electron chi connectivity index (χ1n) is 7.44. The molecule has 0 aromatic heterocycles. The Labute approximate surface area is 131 Å². The van der Waals surface area contributed by atoms with Crippen molar-refractivity contribution in [2.75, 3.05) is 19.6 Å². The fourth-order valence-electron chi connectivity index (χ4n) is 2.53. The lowest BCUT2D eigenvalue weighted by molar-refractivity contribution is 0.0942. The zero-order chi connectivity index (χ0) is 15.1. The second kappa shape index (κ2) is 8.07. The maximum atomic E-state index is 12.1. The van der Waals surface area contributed by atoms with Gasteiger partial charge in [-0.2, -0.15) is 0 Å². The molecule has 0 bridgehead atoms. The predicted molar refractivity (Wildman–Crippen MR) is 86.4 cm³/mol. The van der Waals surface area contributed by atoms with Gasteiger partial charge in [0, 0.05) is 29.6 Å². The molecule has 1 aliphatic rings. The van der Waals surface area contributed by atoms with Crippen molar-refractivity contribution in [3.63, 3.8) is 0 Å². The quantitative estimate of drug-likeness (QED) is 0.868. The fraction of sp³-hybridized carbons (Fsp3) is 0.471. The van der Waals surface area contributed by atoms with Crippen molar-refractivity contribution < 1.29 is 4.79 Å². The van der Waals surface area contributed by atoms with Crippen molar-refractivity contribution in [1.29, 1.82) is 0 Å². The average Bonchev–Trinajstić information content (AvgIpc) is 2.93. The summed E-state index contributed by atoms with van der Waals surface area (Å²) >= 11 is 5.83. The van der Waals surface area contributed by atoms with Crippen LogP contribution in [0.1, 0.15) is 36.5 Å². The molecule has 1 heterocycles. The van der Waals surface area contributed by atoms with Gasteiger partial charge in [0.05, 0.1) is 6.54 Å². The number of nitrogens with one attached hydrogen (secondary N) is 1. The number of hydrogen-bond donors (Lipinski definition) is 1. The topological polar surface area (TPSA) is 32.3 Å². The lowest BCUT2D eigenvalue weighted by Crippen LogP contribution is -2.40. The molecule has 1 aromatic carbocycles. The van der Waals surface area contributed by atoms with Crippen LogP contribution >= 0.6 is 11.6 Å². The van der Waals surface area contributed by atoms with Gasteiger partial charge in [0.2, 0.25) is 0 Å². The molecule has 21 heavy (non-hydrogen) atoms. The molecular weight excluding hydrogens is 284 g/mol. The number of hydrogen-bond acceptors (Lipinski definition) is 2. The Morgan fingerprint density at radius 3 is 2.86 bits per heavy atom. The molecule has 2 rings (SSSR count). The Bertz CT molecular complexity index is 530. The molecule has 0 spiro atoms. The molecule has 4 heteroatoms. The zero-order valence-electron chi connectivity index (χ0n) is 12.4. The van der Waals surface area contributed by atoms with Crippen LogP contribution in [0.2, 0.25) is 5.02 Å². The van der Waals surface area contributed by atoms with Gasteiger partial charge >= 0.3 is 0 Å². The minimum Gasteiger partial charge on any atom is -0.350 e. The van der Waals surface area contributed by atoms with E-state index in [4.69, 9.17) is 11.6 Å². The molecule has 1 aromatic rings. The van der Waals surface area contributed by atoms with E-state index in [2.05, 4.69) is 29.0 Å². The van der Waals surface area contributed by atoms with Crippen LogP contribution in [0.25, 0.3) is 0 Å². The lowest BCUT2D eigenvalue weighted by Gasteiger charge is -2.22. The third-order valence-electron chi connectivity index (χ3n) is 3.69. The molecule has 0 unspecified atom stereocenters. The number of benzene rings is 1. The van der Waals surface area contributed by atoms with E-state index >= 15 is 0 Å². The summed E-state index contributed by atoms with van der Waals surface area (Å²) in [5.74, 6) is 6.24. The summed E-state index contributed by atoms with van der Waals surface area (Å²) in [6, 6.07) is 7.36. The van der Waals surface area contributed by atoms with Gasteiger partial charge in [0.1, 0.15) is 0 Å². The number of carbonyl (C=O) groups excluding carboxylic acids is 1. The van der Waals surface area contributed by atoms with Crippen LogP contribution in [0, 0.1) is 11.8 Å². The van der Waals surface area contributed by atoms with Crippen molar-refractivity contribution >= 4 is 17.5 Å². The summed E-state index contributed by atoms with van der Waals surface area (Å²) < 4.78 is 0. The van der Waals surface area contributed by atoms with Crippen molar-refractivity contribution in [2.24, 2.45) is 0 Å². The molecule has 0 saturated carbocycles. The van der Waals surface area contributed by atoms with Gasteiger partial charge < -0.3 is 5.32 Å². The molecule has 1 N–H and O–H groups in total. The highest BCUT2D eigenvalue weighted by Gasteiger charge is 2.23. The summed E-state index contributed by atoms with van der Waals surface area (Å²) in [6.07, 6.45) is 3.19. The number of halogens is 1. The van der Waals surface area contributed by atoms with Crippen LogP contribution in [0.3, 0.4) is 0 Å². The molecule has 1 fully saturated rings. The van der Waals surface area contributed by atoms with Crippen LogP contribution in [-0.4, -0.2) is 36.5 Å². The molecule has 0 aliphatic carbocycles. The first-order chi connectivity index (χ1) is 10.2. The van der Waals surface area contributed by atoms with E-state index in [0.717, 1.165) is 25.9 Å². The minimum atomic E-state index is -0.0434. The Morgan fingerprint density at radius 1 is 1.38 bits per heavy atom. The summed E-state index contributed by atoms with van der Waals surface area (Å²) in [4.78, 5) is 14.4. The van der Waals surface area contributed by atoms with E-state index in [9.17, 15) is 4.79 Å². The number of likely N-dealkylation sites (tertiary alicyclic amines) is 1. The van der Waals surface area contributed by atoms with E-state index in [1.165, 1.54) is 6.42 Å². The van der Waals surface area contributed by atoms with Gasteiger partial charge in [-0.15, -0.1) is 5.92 Å². The smallest absolute Gasteiger partial charge is 0.251 e. The second-order valence-corrected chi connectivity index (χ2v) is 5.63. The molecular formula is C17H21ClN2O. The van der Waals surface area contributed by atoms with Crippen LogP contribution in [0.4, 0.5) is 0 Å². The highest BCUT2D eigenvalue weighted by Crippen LogP contribution is 2.16. The van der Waals surface area contributed by atoms with Crippen molar-refractivity contribution in [2.45, 2.75) is 32.2 Å². The van der Waals surface area contributed by atoms with E-state index in [1.807, 2.05) is 0 Å². The third kappa shape index (κ3) is 4.77. The van der Waals surface area contributed by atoms with Crippen molar-refractivity contribution in [3.05, 3.63) is 34.9 Å². The van der Waals surface area contributed by atoms with Gasteiger partial charge in [-0.25, -0.2) is 0 Å². The minimum absolute atomic E-state index is 0.0434. The highest BCUT2D eigenvalue weighted by molar-refractivity contribution is 6.30. The molecule has 1 amide bonds. The normalized spacial score (nSPS) is 18.1. The fourth-order valence-corrected chi connectivity index (χ4v) is 2.66. The molecule has 0 radical (unpaired) electrons. The number of amides is 1. The second-order valence-electron chi connectivity index (χ2n) is 5.19. The molecule has 1 atom stereocenters. The number of rotatable bonds is 4. The third-order valence-corrected chi connectivity index (χ3v) is 3.94. The zero-order valence-corrected chi connectivity index (χ0v) is 13.1.